The van der Waals surface area contributed by atoms with Crippen molar-refractivity contribution in [3.63, 3.8) is 0 Å². The van der Waals surface area contributed by atoms with Crippen molar-refractivity contribution in [3.05, 3.63) is 29.7 Å². The molecule has 0 amide bonds. The van der Waals surface area contributed by atoms with Crippen molar-refractivity contribution in [2.75, 3.05) is 36.0 Å². The smallest absolute Gasteiger partial charge is 0.355 e. The van der Waals surface area contributed by atoms with Crippen molar-refractivity contribution in [2.45, 2.75) is 32.4 Å². The van der Waals surface area contributed by atoms with Crippen LogP contribution in [0.4, 0.5) is 24.1 Å². The number of aromatic nitrogens is 3. The molecule has 0 radical (unpaired) electrons. The minimum Gasteiger partial charge on any atom is -0.355 e. The zero-order valence-corrected chi connectivity index (χ0v) is 14.9. The molecule has 0 atom stereocenters. The molecule has 2 aromatic heterocycles. The molecule has 0 spiro atoms. The molecule has 0 aliphatic carbocycles. The molecule has 136 valence electrons. The van der Waals surface area contributed by atoms with Gasteiger partial charge in [0.25, 0.3) is 0 Å². The maximum atomic E-state index is 12.7. The second kappa shape index (κ2) is 7.15. The SMILES string of the molecule is CC(C)c1nsc(N2CCCN(c3ccc(C(F)(F)F)cn3)CC2)n1. The number of hydrogen-bond donors (Lipinski definition) is 0. The maximum Gasteiger partial charge on any atom is 0.417 e. The molecule has 1 saturated heterocycles. The van der Waals surface area contributed by atoms with Gasteiger partial charge in [-0.15, -0.1) is 0 Å². The number of halogens is 3. The Balaban J connectivity index is 1.66. The van der Waals surface area contributed by atoms with E-state index >= 15 is 0 Å². The van der Waals surface area contributed by atoms with Gasteiger partial charge in [-0.3, -0.25) is 0 Å². The molecule has 0 N–H and O–H groups in total. The van der Waals surface area contributed by atoms with Crippen LogP contribution in [0.15, 0.2) is 18.3 Å². The van der Waals surface area contributed by atoms with Gasteiger partial charge in [-0.25, -0.2) is 9.97 Å². The normalized spacial score (nSPS) is 16.4. The molecule has 1 aliphatic rings. The summed E-state index contributed by atoms with van der Waals surface area (Å²) in [6.45, 7) is 7.16. The predicted molar refractivity (Wildman–Crippen MR) is 92.3 cm³/mol. The Morgan fingerprint density at radius 3 is 2.40 bits per heavy atom. The van der Waals surface area contributed by atoms with Crippen molar-refractivity contribution in [2.24, 2.45) is 0 Å². The molecule has 2 aromatic rings. The molecule has 9 heteroatoms. The molecule has 0 bridgehead atoms. The summed E-state index contributed by atoms with van der Waals surface area (Å²) in [4.78, 5) is 12.8. The van der Waals surface area contributed by atoms with Crippen molar-refractivity contribution < 1.29 is 13.2 Å². The van der Waals surface area contributed by atoms with E-state index in [1.165, 1.54) is 17.6 Å². The Hall–Kier alpha value is -1.90. The summed E-state index contributed by atoms with van der Waals surface area (Å²) in [5.74, 6) is 1.73. The van der Waals surface area contributed by atoms with Crippen LogP contribution in [-0.2, 0) is 6.18 Å². The summed E-state index contributed by atoms with van der Waals surface area (Å²) >= 11 is 1.40. The summed E-state index contributed by atoms with van der Waals surface area (Å²) in [5.41, 5.74) is -0.720. The fourth-order valence-corrected chi connectivity index (χ4v) is 3.53. The van der Waals surface area contributed by atoms with Crippen LogP contribution in [0.3, 0.4) is 0 Å². The average Bonchev–Trinajstić information content (AvgIpc) is 2.93. The zero-order valence-electron chi connectivity index (χ0n) is 14.1. The van der Waals surface area contributed by atoms with Crippen molar-refractivity contribution >= 4 is 22.5 Å². The molecule has 3 heterocycles. The van der Waals surface area contributed by atoms with E-state index in [-0.39, 0.29) is 0 Å². The van der Waals surface area contributed by atoms with Crippen LogP contribution >= 0.6 is 11.5 Å². The average molecular weight is 371 g/mol. The van der Waals surface area contributed by atoms with E-state index in [0.29, 0.717) is 18.3 Å². The van der Waals surface area contributed by atoms with Crippen LogP contribution < -0.4 is 9.80 Å². The summed E-state index contributed by atoms with van der Waals surface area (Å²) < 4.78 is 42.3. The Labute approximate surface area is 148 Å². The second-order valence-electron chi connectivity index (χ2n) is 6.32. The molecular weight excluding hydrogens is 351 g/mol. The fourth-order valence-electron chi connectivity index (χ4n) is 2.67. The number of alkyl halides is 3. The molecule has 1 aliphatic heterocycles. The molecule has 25 heavy (non-hydrogen) atoms. The van der Waals surface area contributed by atoms with Gasteiger partial charge < -0.3 is 9.80 Å². The molecule has 1 fully saturated rings. The van der Waals surface area contributed by atoms with Gasteiger partial charge in [0.2, 0.25) is 5.13 Å². The minimum absolute atomic E-state index is 0.296. The van der Waals surface area contributed by atoms with E-state index in [1.807, 2.05) is 4.90 Å². The van der Waals surface area contributed by atoms with Crippen LogP contribution in [0.25, 0.3) is 0 Å². The molecule has 3 rings (SSSR count). The second-order valence-corrected chi connectivity index (χ2v) is 7.05. The first-order valence-corrected chi connectivity index (χ1v) is 8.98. The third-order valence-corrected chi connectivity index (χ3v) is 4.90. The molecule has 0 aromatic carbocycles. The topological polar surface area (TPSA) is 45.2 Å². The summed E-state index contributed by atoms with van der Waals surface area (Å²) in [7, 11) is 0. The lowest BCUT2D eigenvalue weighted by atomic mass is 10.2. The number of anilines is 2. The standard InChI is InChI=1S/C16H20F3N5S/c1-11(2)14-21-15(25-22-14)24-7-3-6-23(8-9-24)13-5-4-12(10-20-13)16(17,18)19/h4-5,10-11H,3,6-9H2,1-2H3. The van der Waals surface area contributed by atoms with Crippen LogP contribution in [-0.4, -0.2) is 40.5 Å². The Kier molecular flexibility index (Phi) is 5.12. The first-order chi connectivity index (χ1) is 11.8. The first-order valence-electron chi connectivity index (χ1n) is 8.21. The lowest BCUT2D eigenvalue weighted by Gasteiger charge is -2.22. The largest absolute Gasteiger partial charge is 0.417 e. The fraction of sp³-hybridized carbons (Fsp3) is 0.562. The maximum absolute atomic E-state index is 12.7. The van der Waals surface area contributed by atoms with Crippen LogP contribution in [0, 0.1) is 0 Å². The van der Waals surface area contributed by atoms with Gasteiger partial charge in [-0.1, -0.05) is 13.8 Å². The zero-order chi connectivity index (χ0) is 18.0. The molecule has 0 saturated carbocycles. The Bertz CT molecular complexity index is 699. The van der Waals surface area contributed by atoms with E-state index in [0.717, 1.165) is 49.3 Å². The highest BCUT2D eigenvalue weighted by molar-refractivity contribution is 7.09. The van der Waals surface area contributed by atoms with E-state index in [1.54, 1.807) is 0 Å². The van der Waals surface area contributed by atoms with Crippen molar-refractivity contribution in [3.8, 4) is 0 Å². The van der Waals surface area contributed by atoms with Crippen molar-refractivity contribution in [1.29, 1.82) is 0 Å². The number of hydrogen-bond acceptors (Lipinski definition) is 6. The van der Waals surface area contributed by atoms with Crippen molar-refractivity contribution in [1.82, 2.24) is 14.3 Å². The molecular formula is C16H20F3N5S. The van der Waals surface area contributed by atoms with Gasteiger partial charge in [-0.2, -0.15) is 17.5 Å². The van der Waals surface area contributed by atoms with Gasteiger partial charge >= 0.3 is 6.18 Å². The van der Waals surface area contributed by atoms with Gasteiger partial charge in [0, 0.05) is 49.8 Å². The van der Waals surface area contributed by atoms with Crippen LogP contribution in [0.2, 0.25) is 0 Å². The lowest BCUT2D eigenvalue weighted by molar-refractivity contribution is -0.137. The number of pyridine rings is 1. The van der Waals surface area contributed by atoms with Gasteiger partial charge in [0.05, 0.1) is 5.56 Å². The van der Waals surface area contributed by atoms with Gasteiger partial charge in [0.15, 0.2) is 0 Å². The third-order valence-electron chi connectivity index (χ3n) is 4.11. The lowest BCUT2D eigenvalue weighted by Crippen LogP contribution is -2.31. The summed E-state index contributed by atoms with van der Waals surface area (Å²) in [6, 6.07) is 2.53. The summed E-state index contributed by atoms with van der Waals surface area (Å²) in [5, 5.41) is 0.908. The first kappa shape index (κ1) is 17.9. The highest BCUT2D eigenvalue weighted by Gasteiger charge is 2.31. The highest BCUT2D eigenvalue weighted by Crippen LogP contribution is 2.29. The number of nitrogens with zero attached hydrogens (tertiary/aromatic N) is 5. The quantitative estimate of drug-likeness (QED) is 0.821. The predicted octanol–water partition coefficient (Wildman–Crippen LogP) is 3.79. The van der Waals surface area contributed by atoms with E-state index < -0.39 is 11.7 Å². The highest BCUT2D eigenvalue weighted by atomic mass is 32.1. The monoisotopic (exact) mass is 371 g/mol. The minimum atomic E-state index is -4.35. The van der Waals surface area contributed by atoms with Crippen LogP contribution in [0.5, 0.6) is 0 Å². The molecule has 5 nitrogen and oxygen atoms in total. The Morgan fingerprint density at radius 1 is 1.08 bits per heavy atom. The van der Waals surface area contributed by atoms with Gasteiger partial charge in [0.1, 0.15) is 11.6 Å². The number of rotatable bonds is 3. The van der Waals surface area contributed by atoms with E-state index in [9.17, 15) is 13.2 Å². The molecule has 0 unspecified atom stereocenters. The summed E-state index contributed by atoms with van der Waals surface area (Å²) in [6.07, 6.45) is -2.57. The Morgan fingerprint density at radius 2 is 1.80 bits per heavy atom. The van der Waals surface area contributed by atoms with Gasteiger partial charge in [-0.05, 0) is 18.6 Å². The van der Waals surface area contributed by atoms with E-state index in [2.05, 4.69) is 33.1 Å². The third kappa shape index (κ3) is 4.20. The van der Waals surface area contributed by atoms with E-state index in [4.69, 9.17) is 0 Å². The van der Waals surface area contributed by atoms with Crippen LogP contribution in [0.1, 0.15) is 37.6 Å².